The zero-order chi connectivity index (χ0) is 16.9. The lowest BCUT2D eigenvalue weighted by atomic mass is 10.1. The summed E-state index contributed by atoms with van der Waals surface area (Å²) in [4.78, 5) is 4.39. The van der Waals surface area contributed by atoms with Crippen LogP contribution in [-0.4, -0.2) is 15.2 Å². The maximum atomic E-state index is 6.01. The lowest BCUT2D eigenvalue weighted by Gasteiger charge is -2.08. The molecule has 3 rings (SSSR count). The van der Waals surface area contributed by atoms with Crippen molar-refractivity contribution < 1.29 is 0 Å². The van der Waals surface area contributed by atoms with E-state index in [0.717, 1.165) is 11.3 Å². The fourth-order valence-electron chi connectivity index (χ4n) is 2.16. The minimum Gasteiger partial charge on any atom is -0.349 e. The third-order valence-electron chi connectivity index (χ3n) is 3.28. The van der Waals surface area contributed by atoms with Crippen molar-refractivity contribution in [1.29, 1.82) is 0 Å². The summed E-state index contributed by atoms with van der Waals surface area (Å²) in [6.07, 6.45) is 1.54. The Morgan fingerprint density at radius 2 is 1.92 bits per heavy atom. The first-order valence-electron chi connectivity index (χ1n) is 7.31. The minimum absolute atomic E-state index is 0.446. The van der Waals surface area contributed by atoms with Crippen LogP contribution < -0.4 is 10.6 Å². The first-order chi connectivity index (χ1) is 11.6. The molecule has 7 heteroatoms. The first kappa shape index (κ1) is 16.5. The molecule has 24 heavy (non-hydrogen) atoms. The number of anilines is 3. The third-order valence-corrected chi connectivity index (χ3v) is 4.02. The fourth-order valence-corrected chi connectivity index (χ4v) is 2.46. The molecule has 3 aromatic rings. The van der Waals surface area contributed by atoms with Crippen molar-refractivity contribution in [2.75, 3.05) is 10.6 Å². The second-order valence-corrected chi connectivity index (χ2v) is 6.08. The van der Waals surface area contributed by atoms with Crippen molar-refractivity contribution >= 4 is 40.7 Å². The van der Waals surface area contributed by atoms with E-state index in [1.807, 2.05) is 18.2 Å². The van der Waals surface area contributed by atoms with E-state index < -0.39 is 0 Å². The standard InChI is InChI=1S/C17H15Cl2N5/c1-11-3-2-4-12(7-11)9-20-17-23-16(10-21-24-17)22-13-5-6-14(18)15(19)8-13/h2-8,10H,9H2,1H3,(H2,20,22,23,24). The Morgan fingerprint density at radius 3 is 2.71 bits per heavy atom. The zero-order valence-electron chi connectivity index (χ0n) is 12.9. The summed E-state index contributed by atoms with van der Waals surface area (Å²) in [7, 11) is 0. The monoisotopic (exact) mass is 359 g/mol. The van der Waals surface area contributed by atoms with Gasteiger partial charge in [-0.25, -0.2) is 0 Å². The van der Waals surface area contributed by atoms with E-state index in [-0.39, 0.29) is 0 Å². The summed E-state index contributed by atoms with van der Waals surface area (Å²) in [6.45, 7) is 2.68. The Balaban J connectivity index is 1.68. The zero-order valence-corrected chi connectivity index (χ0v) is 14.4. The van der Waals surface area contributed by atoms with E-state index in [9.17, 15) is 0 Å². The van der Waals surface area contributed by atoms with Gasteiger partial charge >= 0.3 is 0 Å². The number of rotatable bonds is 5. The number of aryl methyl sites for hydroxylation is 1. The van der Waals surface area contributed by atoms with E-state index in [1.165, 1.54) is 5.56 Å². The highest BCUT2D eigenvalue weighted by Crippen LogP contribution is 2.26. The number of halogens is 2. The molecule has 0 aliphatic carbocycles. The largest absolute Gasteiger partial charge is 0.349 e. The van der Waals surface area contributed by atoms with Crippen LogP contribution in [0.1, 0.15) is 11.1 Å². The molecule has 2 aromatic carbocycles. The van der Waals surface area contributed by atoms with Gasteiger partial charge in [0, 0.05) is 12.2 Å². The quantitative estimate of drug-likeness (QED) is 0.682. The van der Waals surface area contributed by atoms with E-state index >= 15 is 0 Å². The Morgan fingerprint density at radius 1 is 1.04 bits per heavy atom. The van der Waals surface area contributed by atoms with Crippen LogP contribution in [0.25, 0.3) is 0 Å². The average molecular weight is 360 g/mol. The van der Waals surface area contributed by atoms with Crippen LogP contribution in [0.2, 0.25) is 10.0 Å². The Kier molecular flexibility index (Phi) is 5.13. The third kappa shape index (κ3) is 4.34. The van der Waals surface area contributed by atoms with Gasteiger partial charge in [-0.3, -0.25) is 0 Å². The predicted molar refractivity (Wildman–Crippen MR) is 98.1 cm³/mol. The molecule has 1 heterocycles. The maximum absolute atomic E-state index is 6.01. The number of hydrogen-bond acceptors (Lipinski definition) is 5. The average Bonchev–Trinajstić information content (AvgIpc) is 2.57. The van der Waals surface area contributed by atoms with Crippen molar-refractivity contribution in [3.8, 4) is 0 Å². The predicted octanol–water partition coefficient (Wildman–Crippen LogP) is 4.84. The smallest absolute Gasteiger partial charge is 0.244 e. The van der Waals surface area contributed by atoms with Crippen LogP contribution >= 0.6 is 23.2 Å². The van der Waals surface area contributed by atoms with Gasteiger partial charge in [-0.2, -0.15) is 10.1 Å². The molecule has 0 atom stereocenters. The molecule has 5 nitrogen and oxygen atoms in total. The van der Waals surface area contributed by atoms with E-state index in [1.54, 1.807) is 18.3 Å². The van der Waals surface area contributed by atoms with Crippen molar-refractivity contribution in [2.24, 2.45) is 0 Å². The van der Waals surface area contributed by atoms with Gasteiger partial charge in [0.25, 0.3) is 0 Å². The highest BCUT2D eigenvalue weighted by atomic mass is 35.5. The molecule has 0 fully saturated rings. The molecule has 0 saturated carbocycles. The lowest BCUT2D eigenvalue weighted by molar-refractivity contribution is 0.948. The second-order valence-electron chi connectivity index (χ2n) is 5.26. The van der Waals surface area contributed by atoms with Gasteiger partial charge in [-0.15, -0.1) is 5.10 Å². The number of benzene rings is 2. The molecule has 0 saturated heterocycles. The maximum Gasteiger partial charge on any atom is 0.244 e. The van der Waals surface area contributed by atoms with Crippen LogP contribution in [0.4, 0.5) is 17.5 Å². The highest BCUT2D eigenvalue weighted by Gasteiger charge is 2.04. The summed E-state index contributed by atoms with van der Waals surface area (Å²) in [5, 5.41) is 15.2. The van der Waals surface area contributed by atoms with E-state index in [0.29, 0.717) is 28.4 Å². The molecule has 0 spiro atoms. The van der Waals surface area contributed by atoms with Gasteiger partial charge in [0.15, 0.2) is 5.82 Å². The molecule has 2 N–H and O–H groups in total. The van der Waals surface area contributed by atoms with Crippen LogP contribution in [0.3, 0.4) is 0 Å². The van der Waals surface area contributed by atoms with Gasteiger partial charge in [0.2, 0.25) is 5.95 Å². The van der Waals surface area contributed by atoms with Crippen LogP contribution in [-0.2, 0) is 6.54 Å². The van der Waals surface area contributed by atoms with E-state index in [2.05, 4.69) is 44.9 Å². The molecule has 0 radical (unpaired) electrons. The molecule has 0 bridgehead atoms. The fraction of sp³-hybridized carbons (Fsp3) is 0.118. The Labute approximate surface area is 150 Å². The molecule has 0 unspecified atom stereocenters. The first-order valence-corrected chi connectivity index (χ1v) is 8.07. The van der Waals surface area contributed by atoms with Crippen LogP contribution in [0, 0.1) is 6.92 Å². The van der Waals surface area contributed by atoms with E-state index in [4.69, 9.17) is 23.2 Å². The van der Waals surface area contributed by atoms with Gasteiger partial charge in [-0.1, -0.05) is 53.0 Å². The molecular formula is C17H15Cl2N5. The molecule has 0 aliphatic heterocycles. The molecule has 1 aromatic heterocycles. The summed E-state index contributed by atoms with van der Waals surface area (Å²) in [5.74, 6) is 1.01. The number of hydrogen-bond donors (Lipinski definition) is 2. The summed E-state index contributed by atoms with van der Waals surface area (Å²) >= 11 is 11.9. The van der Waals surface area contributed by atoms with Crippen molar-refractivity contribution in [1.82, 2.24) is 15.2 Å². The van der Waals surface area contributed by atoms with Crippen molar-refractivity contribution in [2.45, 2.75) is 13.5 Å². The van der Waals surface area contributed by atoms with Gasteiger partial charge < -0.3 is 10.6 Å². The topological polar surface area (TPSA) is 62.7 Å². The lowest BCUT2D eigenvalue weighted by Crippen LogP contribution is -2.06. The number of aromatic nitrogens is 3. The number of nitrogens with one attached hydrogen (secondary N) is 2. The highest BCUT2D eigenvalue weighted by molar-refractivity contribution is 6.42. The second kappa shape index (κ2) is 7.47. The SMILES string of the molecule is Cc1cccc(CNc2nncc(Nc3ccc(Cl)c(Cl)c3)n2)c1. The minimum atomic E-state index is 0.446. The summed E-state index contributed by atoms with van der Waals surface area (Å²) in [5.41, 5.74) is 3.14. The molecule has 0 aliphatic rings. The van der Waals surface area contributed by atoms with Crippen molar-refractivity contribution in [3.63, 3.8) is 0 Å². The van der Waals surface area contributed by atoms with Gasteiger partial charge in [0.05, 0.1) is 16.2 Å². The molecular weight excluding hydrogens is 345 g/mol. The normalized spacial score (nSPS) is 10.5. The van der Waals surface area contributed by atoms with Crippen LogP contribution in [0.15, 0.2) is 48.7 Å². The van der Waals surface area contributed by atoms with Gasteiger partial charge in [-0.05, 0) is 30.7 Å². The molecule has 0 amide bonds. The van der Waals surface area contributed by atoms with Crippen molar-refractivity contribution in [3.05, 3.63) is 69.8 Å². The Bertz CT molecular complexity index is 854. The van der Waals surface area contributed by atoms with Crippen LogP contribution in [0.5, 0.6) is 0 Å². The summed E-state index contributed by atoms with van der Waals surface area (Å²) in [6, 6.07) is 13.5. The number of nitrogens with zero attached hydrogens (tertiary/aromatic N) is 3. The Hall–Kier alpha value is -2.37. The summed E-state index contributed by atoms with van der Waals surface area (Å²) < 4.78 is 0. The molecule has 122 valence electrons. The van der Waals surface area contributed by atoms with Gasteiger partial charge in [0.1, 0.15) is 0 Å².